The number of ether oxygens (including phenoxy) is 1. The van der Waals surface area contributed by atoms with E-state index in [1.54, 1.807) is 0 Å². The van der Waals surface area contributed by atoms with E-state index in [9.17, 15) is 0 Å². The summed E-state index contributed by atoms with van der Waals surface area (Å²) in [4.78, 5) is 4.89. The largest absolute Gasteiger partial charge is 0.492 e. The van der Waals surface area contributed by atoms with Crippen molar-refractivity contribution in [3.63, 3.8) is 0 Å². The molecule has 4 heteroatoms. The molecule has 1 aromatic heterocycles. The number of pyridine rings is 1. The van der Waals surface area contributed by atoms with Crippen LogP contribution in [0, 0.1) is 0 Å². The number of aliphatic hydroxyl groups excluding tert-OH is 1. The summed E-state index contributed by atoms with van der Waals surface area (Å²) in [6.07, 6.45) is 17.9. The fourth-order valence-corrected chi connectivity index (χ4v) is 4.42. The Bertz CT molecular complexity index is 719. The van der Waals surface area contributed by atoms with E-state index in [4.69, 9.17) is 14.8 Å². The van der Waals surface area contributed by atoms with Crippen LogP contribution in [0.25, 0.3) is 10.9 Å². The van der Waals surface area contributed by atoms with Crippen LogP contribution in [0.3, 0.4) is 0 Å². The van der Waals surface area contributed by atoms with Gasteiger partial charge in [0.1, 0.15) is 11.3 Å². The topological polar surface area (TPSA) is 42.4 Å². The summed E-state index contributed by atoms with van der Waals surface area (Å²) in [6.45, 7) is 3.03. The highest BCUT2D eigenvalue weighted by atomic mass is 79.9. The van der Waals surface area contributed by atoms with Crippen molar-refractivity contribution in [3.8, 4) is 5.75 Å². The van der Waals surface area contributed by atoms with Gasteiger partial charge in [0.15, 0.2) is 0 Å². The van der Waals surface area contributed by atoms with Crippen LogP contribution < -0.4 is 4.74 Å². The number of halogens is 1. The second-order valence-electron chi connectivity index (χ2n) is 8.25. The van der Waals surface area contributed by atoms with E-state index >= 15 is 0 Å². The molecule has 0 amide bonds. The van der Waals surface area contributed by atoms with Crippen molar-refractivity contribution < 1.29 is 9.84 Å². The van der Waals surface area contributed by atoms with Crippen molar-refractivity contribution in [2.75, 3.05) is 13.2 Å². The highest BCUT2D eigenvalue weighted by Crippen LogP contribution is 2.30. The molecule has 0 aliphatic rings. The summed E-state index contributed by atoms with van der Waals surface area (Å²) in [6, 6.07) is 8.36. The molecule has 3 nitrogen and oxygen atoms in total. The van der Waals surface area contributed by atoms with E-state index in [1.165, 1.54) is 82.7 Å². The maximum absolute atomic E-state index is 8.77. The van der Waals surface area contributed by atoms with Crippen LogP contribution in [0.2, 0.25) is 0 Å². The third-order valence-corrected chi connectivity index (χ3v) is 6.41. The average Bonchev–Trinajstić information content (AvgIpc) is 2.76. The number of nitrogens with zero attached hydrogens (tertiary/aromatic N) is 1. The molecule has 30 heavy (non-hydrogen) atoms. The minimum atomic E-state index is 0.353. The van der Waals surface area contributed by atoms with Gasteiger partial charge in [-0.1, -0.05) is 86.6 Å². The molecule has 0 radical (unpaired) electrons. The quantitative estimate of drug-likeness (QED) is 0.234. The van der Waals surface area contributed by atoms with Gasteiger partial charge < -0.3 is 9.84 Å². The number of unbranched alkanes of at least 4 members (excludes halogenated alkanes) is 12. The lowest BCUT2D eigenvalue weighted by molar-refractivity contribution is 0.282. The molecule has 0 atom stereocenters. The molecule has 0 saturated heterocycles. The zero-order valence-corrected chi connectivity index (χ0v) is 20.4. The minimum Gasteiger partial charge on any atom is -0.492 e. The molecule has 1 N–H and O–H groups in total. The van der Waals surface area contributed by atoms with Gasteiger partial charge >= 0.3 is 0 Å². The Labute approximate surface area is 191 Å². The molecule has 0 bridgehead atoms. The van der Waals surface area contributed by atoms with Gasteiger partial charge in [-0.2, -0.15) is 0 Å². The molecule has 1 heterocycles. The summed E-state index contributed by atoms with van der Waals surface area (Å²) in [5.41, 5.74) is 2.14. The van der Waals surface area contributed by atoms with Gasteiger partial charge in [-0.05, 0) is 50.5 Å². The first kappa shape index (κ1) is 25.1. The number of aryl methyl sites for hydroxylation is 1. The van der Waals surface area contributed by atoms with Gasteiger partial charge in [0.25, 0.3) is 0 Å². The van der Waals surface area contributed by atoms with Gasteiger partial charge in [0.05, 0.1) is 6.61 Å². The van der Waals surface area contributed by atoms with E-state index in [-0.39, 0.29) is 0 Å². The second kappa shape index (κ2) is 15.6. The highest BCUT2D eigenvalue weighted by molar-refractivity contribution is 9.10. The molecular weight excluding hydrogens is 438 g/mol. The summed E-state index contributed by atoms with van der Waals surface area (Å²) in [5, 5.41) is 9.89. The monoisotopic (exact) mass is 477 g/mol. The molecule has 2 rings (SSSR count). The molecule has 0 aliphatic heterocycles. The first-order chi connectivity index (χ1) is 14.8. The fraction of sp³-hybridized carbons (Fsp3) is 0.654. The Morgan fingerprint density at radius 3 is 1.90 bits per heavy atom. The fourth-order valence-electron chi connectivity index (χ4n) is 3.97. The van der Waals surface area contributed by atoms with Crippen LogP contribution in [-0.2, 0) is 6.42 Å². The summed E-state index contributed by atoms with van der Waals surface area (Å²) in [7, 11) is 0. The number of aromatic nitrogens is 1. The van der Waals surface area contributed by atoms with Crippen LogP contribution in [0.4, 0.5) is 0 Å². The van der Waals surface area contributed by atoms with Gasteiger partial charge in [-0.3, -0.25) is 0 Å². The normalized spacial score (nSPS) is 11.3. The van der Waals surface area contributed by atoms with Crippen LogP contribution >= 0.6 is 15.9 Å². The maximum atomic E-state index is 8.77. The number of hydrogen-bond donors (Lipinski definition) is 1. The van der Waals surface area contributed by atoms with E-state index in [1.807, 2.05) is 19.1 Å². The smallest absolute Gasteiger partial charge is 0.145 e. The number of hydrogen-bond acceptors (Lipinski definition) is 3. The summed E-state index contributed by atoms with van der Waals surface area (Å²) in [5.74, 6) is 0.878. The Balaban J connectivity index is 1.56. The molecule has 168 valence electrons. The molecule has 0 fully saturated rings. The van der Waals surface area contributed by atoms with E-state index in [0.717, 1.165) is 34.0 Å². The van der Waals surface area contributed by atoms with Crippen molar-refractivity contribution >= 4 is 26.8 Å². The SMILES string of the molecule is CCOc1ccc(Br)c2ccc(CCCCCCCCCCCCCCCO)nc12. The summed E-state index contributed by atoms with van der Waals surface area (Å²) < 4.78 is 6.83. The maximum Gasteiger partial charge on any atom is 0.145 e. The zero-order valence-electron chi connectivity index (χ0n) is 18.8. The lowest BCUT2D eigenvalue weighted by Crippen LogP contribution is -1.97. The highest BCUT2D eigenvalue weighted by Gasteiger charge is 2.08. The predicted octanol–water partition coefficient (Wildman–Crippen LogP) is 8.00. The van der Waals surface area contributed by atoms with Crippen molar-refractivity contribution in [2.24, 2.45) is 0 Å². The third kappa shape index (κ3) is 9.34. The van der Waals surface area contributed by atoms with E-state index in [0.29, 0.717) is 13.2 Å². The number of rotatable bonds is 17. The molecule has 0 saturated carbocycles. The lowest BCUT2D eigenvalue weighted by atomic mass is 10.0. The Hall–Kier alpha value is -1.13. The van der Waals surface area contributed by atoms with Gasteiger partial charge in [-0.15, -0.1) is 0 Å². The lowest BCUT2D eigenvalue weighted by Gasteiger charge is -2.10. The standard InChI is InChI=1S/C26H40BrNO2/c1-2-30-25-20-19-24(27)23-18-17-22(28-26(23)25)16-14-12-10-8-6-4-3-5-7-9-11-13-15-21-29/h17-20,29H,2-16,21H2,1H3. The molecule has 0 unspecified atom stereocenters. The Morgan fingerprint density at radius 1 is 0.767 bits per heavy atom. The molecule has 0 spiro atoms. The van der Waals surface area contributed by atoms with Crippen LogP contribution in [0.5, 0.6) is 5.75 Å². The van der Waals surface area contributed by atoms with Gasteiger partial charge in [-0.25, -0.2) is 4.98 Å². The second-order valence-corrected chi connectivity index (χ2v) is 9.10. The van der Waals surface area contributed by atoms with Crippen molar-refractivity contribution in [2.45, 2.75) is 96.8 Å². The minimum absolute atomic E-state index is 0.353. The number of aliphatic hydroxyl groups is 1. The van der Waals surface area contributed by atoms with Gasteiger partial charge in [0.2, 0.25) is 0 Å². The van der Waals surface area contributed by atoms with Crippen LogP contribution in [0.1, 0.15) is 96.1 Å². The number of fused-ring (bicyclic) bond motifs is 1. The van der Waals surface area contributed by atoms with E-state index < -0.39 is 0 Å². The first-order valence-electron chi connectivity index (χ1n) is 12.1. The van der Waals surface area contributed by atoms with Gasteiger partial charge in [0, 0.05) is 22.2 Å². The zero-order chi connectivity index (χ0) is 21.4. The molecule has 2 aromatic rings. The molecule has 0 aliphatic carbocycles. The van der Waals surface area contributed by atoms with E-state index in [2.05, 4.69) is 28.1 Å². The third-order valence-electron chi connectivity index (χ3n) is 5.72. The van der Waals surface area contributed by atoms with Crippen molar-refractivity contribution in [3.05, 3.63) is 34.4 Å². The van der Waals surface area contributed by atoms with Crippen LogP contribution in [0.15, 0.2) is 28.7 Å². The molecular formula is C26H40BrNO2. The van der Waals surface area contributed by atoms with Crippen LogP contribution in [-0.4, -0.2) is 23.3 Å². The van der Waals surface area contributed by atoms with Crippen molar-refractivity contribution in [1.29, 1.82) is 0 Å². The molecule has 1 aromatic carbocycles. The predicted molar refractivity (Wildman–Crippen MR) is 131 cm³/mol. The average molecular weight is 479 g/mol. The summed E-state index contributed by atoms with van der Waals surface area (Å²) >= 11 is 3.62. The van der Waals surface area contributed by atoms with Crippen molar-refractivity contribution in [1.82, 2.24) is 4.98 Å². The Kier molecular flexibility index (Phi) is 13.1. The first-order valence-corrected chi connectivity index (χ1v) is 12.9. The Morgan fingerprint density at radius 2 is 1.33 bits per heavy atom. The number of benzene rings is 1.